The number of ether oxygens (including phenoxy) is 1. The topological polar surface area (TPSA) is 150 Å². The van der Waals surface area contributed by atoms with Gasteiger partial charge in [0.2, 0.25) is 5.91 Å². The summed E-state index contributed by atoms with van der Waals surface area (Å²) in [6, 6.07) is 8.36. The number of benzene rings is 1. The molecule has 2 aromatic heterocycles. The lowest BCUT2D eigenvalue weighted by Crippen LogP contribution is -2.42. The Labute approximate surface area is 237 Å². The number of nitrogens with one attached hydrogen (secondary N) is 2. The summed E-state index contributed by atoms with van der Waals surface area (Å²) in [6.07, 6.45) is 3.57. The number of nitrogens with zero attached hydrogens (tertiary/aromatic N) is 1. The van der Waals surface area contributed by atoms with E-state index in [0.717, 1.165) is 15.0 Å². The predicted octanol–water partition coefficient (Wildman–Crippen LogP) is 4.02. The van der Waals surface area contributed by atoms with Crippen molar-refractivity contribution in [3.05, 3.63) is 47.1 Å². The van der Waals surface area contributed by atoms with E-state index in [-0.39, 0.29) is 48.6 Å². The van der Waals surface area contributed by atoms with Crippen LogP contribution < -0.4 is 16.4 Å². The lowest BCUT2D eigenvalue weighted by atomic mass is 9.99. The zero-order valence-electron chi connectivity index (χ0n) is 23.2. The molecule has 0 radical (unpaired) electrons. The first kappa shape index (κ1) is 30.6. The first-order valence-electron chi connectivity index (χ1n) is 13.1. The number of Topliss-reactive ketones (excluding diaryl/α,β-unsaturated/α-hetero) is 2. The highest BCUT2D eigenvalue weighted by Crippen LogP contribution is 2.29. The third kappa shape index (κ3) is 8.51. The number of fused-ring (bicyclic) bond motifs is 1. The number of carbonyl (C=O) groups excluding carboxylic acids is 5. The summed E-state index contributed by atoms with van der Waals surface area (Å²) >= 11 is 1.48. The number of hydrogen-bond donors (Lipinski definition) is 3. The number of carbonyl (C=O) groups is 5. The number of nitrogens with two attached hydrogens (primary N) is 1. The van der Waals surface area contributed by atoms with Crippen LogP contribution in [0.2, 0.25) is 0 Å². The number of ketones is 2. The van der Waals surface area contributed by atoms with Crippen LogP contribution in [0.5, 0.6) is 0 Å². The highest BCUT2D eigenvalue weighted by atomic mass is 32.1. The van der Waals surface area contributed by atoms with Gasteiger partial charge in [0, 0.05) is 60.1 Å². The van der Waals surface area contributed by atoms with E-state index in [1.165, 1.54) is 18.4 Å². The fourth-order valence-corrected chi connectivity index (χ4v) is 5.32. The number of rotatable bonds is 14. The Morgan fingerprint density at radius 3 is 2.45 bits per heavy atom. The maximum absolute atomic E-state index is 12.8. The van der Waals surface area contributed by atoms with Gasteiger partial charge >= 0.3 is 5.97 Å². The van der Waals surface area contributed by atoms with Gasteiger partial charge in [-0.3, -0.25) is 24.0 Å². The summed E-state index contributed by atoms with van der Waals surface area (Å²) in [6.45, 7) is 3.30. The number of nitrogen functional groups attached to an aromatic ring is 1. The van der Waals surface area contributed by atoms with Crippen LogP contribution in [0.25, 0.3) is 10.1 Å². The molecular formula is C29H36N4O6S. The molecule has 2 atom stereocenters. The molecule has 1 aromatic carbocycles. The molecule has 0 saturated carbocycles. The van der Waals surface area contributed by atoms with Crippen molar-refractivity contribution in [3.8, 4) is 0 Å². The normalized spacial score (nSPS) is 12.5. The van der Waals surface area contributed by atoms with Crippen molar-refractivity contribution in [1.82, 2.24) is 9.88 Å². The van der Waals surface area contributed by atoms with E-state index in [1.807, 2.05) is 18.2 Å². The van der Waals surface area contributed by atoms with Gasteiger partial charge in [-0.05, 0) is 55.5 Å². The molecule has 2 amide bonds. The van der Waals surface area contributed by atoms with E-state index in [0.29, 0.717) is 36.3 Å². The molecule has 0 fully saturated rings. The first-order chi connectivity index (χ1) is 19.0. The van der Waals surface area contributed by atoms with Crippen molar-refractivity contribution >= 4 is 62.1 Å². The SMILES string of the molecule is COC(=O)CCCCC(=O)C[C@@H](C)C(=O)N[C@@H](C)C(=O)Cc1cc2cc(NC(=O)c3cc(N)cn3C)ccc2s1. The molecule has 3 rings (SSSR count). The van der Waals surface area contributed by atoms with Gasteiger partial charge in [0.15, 0.2) is 5.78 Å². The van der Waals surface area contributed by atoms with Crippen LogP contribution >= 0.6 is 11.3 Å². The predicted molar refractivity (Wildman–Crippen MR) is 155 cm³/mol. The highest BCUT2D eigenvalue weighted by Gasteiger charge is 2.22. The van der Waals surface area contributed by atoms with Crippen molar-refractivity contribution in [3.63, 3.8) is 0 Å². The molecule has 2 heterocycles. The maximum Gasteiger partial charge on any atom is 0.305 e. The molecule has 0 aliphatic rings. The number of hydrogen-bond acceptors (Lipinski definition) is 8. The van der Waals surface area contributed by atoms with E-state index in [1.54, 1.807) is 43.8 Å². The van der Waals surface area contributed by atoms with E-state index in [4.69, 9.17) is 5.73 Å². The molecule has 40 heavy (non-hydrogen) atoms. The highest BCUT2D eigenvalue weighted by molar-refractivity contribution is 7.19. The standard InChI is InChI=1S/C29H36N4O6S/c1-17(11-22(34)7-5-6-8-27(36)39-4)28(37)31-18(2)25(35)15-23-13-19-12-21(9-10-26(19)40-23)32-29(38)24-14-20(30)16-33(24)3/h9-10,12-14,16-18H,5-8,11,15,30H2,1-4H3,(H,31,37)(H,32,38)/t17-,18+/m1/s1. The molecule has 0 aliphatic heterocycles. The van der Waals surface area contributed by atoms with Crippen molar-refractivity contribution in [2.45, 2.75) is 58.4 Å². The zero-order valence-corrected chi connectivity index (χ0v) is 24.1. The van der Waals surface area contributed by atoms with E-state index < -0.39 is 12.0 Å². The van der Waals surface area contributed by atoms with Crippen LogP contribution in [0, 0.1) is 5.92 Å². The fraction of sp³-hybridized carbons (Fsp3) is 0.414. The van der Waals surface area contributed by atoms with Crippen molar-refractivity contribution in [2.24, 2.45) is 13.0 Å². The summed E-state index contributed by atoms with van der Waals surface area (Å²) in [4.78, 5) is 62.2. The second kappa shape index (κ2) is 13.9. The smallest absolute Gasteiger partial charge is 0.305 e. The number of aryl methyl sites for hydroxylation is 1. The summed E-state index contributed by atoms with van der Waals surface area (Å²) in [5.74, 6) is -1.69. The Morgan fingerprint density at radius 2 is 1.77 bits per heavy atom. The van der Waals surface area contributed by atoms with Crippen molar-refractivity contribution < 1.29 is 28.7 Å². The van der Waals surface area contributed by atoms with Gasteiger partial charge in [-0.15, -0.1) is 11.3 Å². The molecule has 0 bridgehead atoms. The number of unbranched alkanes of at least 4 members (excludes halogenated alkanes) is 1. The lowest BCUT2D eigenvalue weighted by Gasteiger charge is -2.16. The zero-order chi connectivity index (χ0) is 29.4. The van der Waals surface area contributed by atoms with Gasteiger partial charge < -0.3 is 25.7 Å². The largest absolute Gasteiger partial charge is 0.469 e. The Hall–Kier alpha value is -3.99. The van der Waals surface area contributed by atoms with Crippen molar-refractivity contribution in [1.29, 1.82) is 0 Å². The molecule has 10 nitrogen and oxygen atoms in total. The Kier molecular flexibility index (Phi) is 10.6. The quantitative estimate of drug-likeness (QED) is 0.196. The second-order valence-corrected chi connectivity index (χ2v) is 11.2. The number of thiophene rings is 1. The molecule has 0 unspecified atom stereocenters. The van der Waals surface area contributed by atoms with Crippen LogP contribution in [-0.2, 0) is 37.4 Å². The van der Waals surface area contributed by atoms with Crippen LogP contribution in [-0.4, -0.2) is 47.1 Å². The Bertz CT molecular complexity index is 1410. The molecule has 0 saturated heterocycles. The molecule has 0 spiro atoms. The number of esters is 1. The molecule has 214 valence electrons. The lowest BCUT2D eigenvalue weighted by molar-refractivity contribution is -0.140. The monoisotopic (exact) mass is 568 g/mol. The Morgan fingerprint density at radius 1 is 1.05 bits per heavy atom. The molecular weight excluding hydrogens is 532 g/mol. The van der Waals surface area contributed by atoms with Gasteiger partial charge in [0.05, 0.1) is 18.8 Å². The average molecular weight is 569 g/mol. The van der Waals surface area contributed by atoms with Gasteiger partial charge in [0.25, 0.3) is 5.91 Å². The van der Waals surface area contributed by atoms with Gasteiger partial charge in [-0.2, -0.15) is 0 Å². The van der Waals surface area contributed by atoms with Gasteiger partial charge in [-0.1, -0.05) is 6.92 Å². The summed E-state index contributed by atoms with van der Waals surface area (Å²) < 4.78 is 7.21. The van der Waals surface area contributed by atoms with Gasteiger partial charge in [-0.25, -0.2) is 0 Å². The maximum atomic E-state index is 12.8. The third-order valence-electron chi connectivity index (χ3n) is 6.57. The summed E-state index contributed by atoms with van der Waals surface area (Å²) in [7, 11) is 3.07. The van der Waals surface area contributed by atoms with E-state index in [2.05, 4.69) is 15.4 Å². The number of methoxy groups -OCH3 is 1. The van der Waals surface area contributed by atoms with Gasteiger partial charge in [0.1, 0.15) is 11.5 Å². The van der Waals surface area contributed by atoms with Crippen molar-refractivity contribution in [2.75, 3.05) is 18.2 Å². The number of aromatic nitrogens is 1. The summed E-state index contributed by atoms with van der Waals surface area (Å²) in [5, 5.41) is 6.49. The molecule has 3 aromatic rings. The molecule has 11 heteroatoms. The van der Waals surface area contributed by atoms with Crippen LogP contribution in [0.3, 0.4) is 0 Å². The fourth-order valence-electron chi connectivity index (χ4n) is 4.26. The van der Waals surface area contributed by atoms with Crippen LogP contribution in [0.1, 0.15) is 61.3 Å². The minimum absolute atomic E-state index is 0.0554. The minimum atomic E-state index is -0.706. The third-order valence-corrected chi connectivity index (χ3v) is 7.69. The second-order valence-electron chi connectivity index (χ2n) is 9.99. The Balaban J connectivity index is 1.49. The van der Waals surface area contributed by atoms with Crippen LogP contribution in [0.4, 0.5) is 11.4 Å². The number of amides is 2. The molecule has 4 N–H and O–H groups in total. The first-order valence-corrected chi connectivity index (χ1v) is 14.0. The minimum Gasteiger partial charge on any atom is -0.469 e. The van der Waals surface area contributed by atoms with E-state index in [9.17, 15) is 24.0 Å². The van der Waals surface area contributed by atoms with Crippen LogP contribution in [0.15, 0.2) is 36.5 Å². The van der Waals surface area contributed by atoms with E-state index >= 15 is 0 Å². The summed E-state index contributed by atoms with van der Waals surface area (Å²) in [5.41, 5.74) is 7.34. The average Bonchev–Trinajstić information content (AvgIpc) is 3.46. The molecule has 0 aliphatic carbocycles. The number of anilines is 2.